The summed E-state index contributed by atoms with van der Waals surface area (Å²) in [6, 6.07) is 0.487. The van der Waals surface area contributed by atoms with E-state index in [0.29, 0.717) is 30.7 Å². The quantitative estimate of drug-likeness (QED) is 0.630. The summed E-state index contributed by atoms with van der Waals surface area (Å²) in [6.45, 7) is 9.02. The molecule has 0 N–H and O–H groups in total. The van der Waals surface area contributed by atoms with E-state index in [9.17, 15) is 4.79 Å². The molecule has 1 unspecified atom stereocenters. The lowest BCUT2D eigenvalue weighted by Crippen LogP contribution is -2.36. The fourth-order valence-corrected chi connectivity index (χ4v) is 1.04. The summed E-state index contributed by atoms with van der Waals surface area (Å²) < 4.78 is 0. The van der Waals surface area contributed by atoms with Gasteiger partial charge in [-0.3, -0.25) is 9.69 Å². The number of carbonyl (C=O) groups excluding carboxylic acids is 1. The van der Waals surface area contributed by atoms with E-state index >= 15 is 0 Å². The van der Waals surface area contributed by atoms with Crippen molar-refractivity contribution in [1.82, 2.24) is 4.90 Å². The van der Waals surface area contributed by atoms with E-state index in [1.807, 2.05) is 14.0 Å². The predicted octanol–water partition coefficient (Wildman–Crippen LogP) is 1.94. The number of ketones is 1. The van der Waals surface area contributed by atoms with Gasteiger partial charge in [0.05, 0.1) is 6.54 Å². The van der Waals surface area contributed by atoms with E-state index in [0.717, 1.165) is 0 Å². The molecule has 0 radical (unpaired) electrons. The van der Waals surface area contributed by atoms with Crippen molar-refractivity contribution in [3.8, 4) is 0 Å². The monoisotopic (exact) mass is 171 g/mol. The second kappa shape index (κ2) is 5.31. The van der Waals surface area contributed by atoms with Gasteiger partial charge in [-0.15, -0.1) is 0 Å². The molecule has 0 rings (SSSR count). The number of Topliss-reactive ketones (excluding diaryl/α,β-unsaturated/α-hetero) is 1. The number of carbonyl (C=O) groups is 1. The molecule has 2 nitrogen and oxygen atoms in total. The first-order chi connectivity index (χ1) is 5.49. The number of hydrogen-bond donors (Lipinski definition) is 0. The van der Waals surface area contributed by atoms with E-state index in [2.05, 4.69) is 25.7 Å². The first kappa shape index (κ1) is 11.6. The van der Waals surface area contributed by atoms with Gasteiger partial charge in [0.15, 0.2) is 0 Å². The topological polar surface area (TPSA) is 20.3 Å². The molecular weight excluding hydrogens is 150 g/mol. The van der Waals surface area contributed by atoms with Crippen LogP contribution < -0.4 is 0 Å². The minimum absolute atomic E-state index is 0.324. The maximum Gasteiger partial charge on any atom is 0.146 e. The van der Waals surface area contributed by atoms with Crippen molar-refractivity contribution < 1.29 is 4.79 Å². The van der Waals surface area contributed by atoms with Gasteiger partial charge < -0.3 is 0 Å². The fourth-order valence-electron chi connectivity index (χ4n) is 1.04. The largest absolute Gasteiger partial charge is 0.298 e. The van der Waals surface area contributed by atoms with Crippen LogP contribution in [0.3, 0.4) is 0 Å². The van der Waals surface area contributed by atoms with Crippen LogP contribution in [0, 0.1) is 5.92 Å². The van der Waals surface area contributed by atoms with E-state index in [1.165, 1.54) is 0 Å². The van der Waals surface area contributed by atoms with Crippen LogP contribution in [-0.4, -0.2) is 30.3 Å². The Labute approximate surface area is 75.9 Å². The third-order valence-corrected chi connectivity index (χ3v) is 2.48. The van der Waals surface area contributed by atoms with E-state index in [1.54, 1.807) is 0 Å². The Bertz CT molecular complexity index is 143. The van der Waals surface area contributed by atoms with Gasteiger partial charge in [0.25, 0.3) is 0 Å². The summed E-state index contributed by atoms with van der Waals surface area (Å²) in [4.78, 5) is 13.2. The first-order valence-electron chi connectivity index (χ1n) is 4.71. The van der Waals surface area contributed by atoms with Gasteiger partial charge in [0, 0.05) is 12.5 Å². The Morgan fingerprint density at radius 2 is 1.83 bits per heavy atom. The molecule has 1 atom stereocenters. The molecule has 0 spiro atoms. The highest BCUT2D eigenvalue weighted by Crippen LogP contribution is 2.07. The lowest BCUT2D eigenvalue weighted by Gasteiger charge is -2.26. The van der Waals surface area contributed by atoms with Gasteiger partial charge in [-0.25, -0.2) is 0 Å². The SMILES string of the molecule is CCC(=O)CN(C)C(C)C(C)C. The van der Waals surface area contributed by atoms with Crippen molar-refractivity contribution in [2.75, 3.05) is 13.6 Å². The summed E-state index contributed by atoms with van der Waals surface area (Å²) in [7, 11) is 2.01. The molecule has 0 saturated heterocycles. The maximum absolute atomic E-state index is 11.1. The summed E-state index contributed by atoms with van der Waals surface area (Å²) in [6.07, 6.45) is 0.648. The molecule has 0 saturated carbocycles. The van der Waals surface area contributed by atoms with Crippen molar-refractivity contribution in [3.63, 3.8) is 0 Å². The zero-order valence-electron chi connectivity index (χ0n) is 8.92. The van der Waals surface area contributed by atoms with Gasteiger partial charge in [0.2, 0.25) is 0 Å². The standard InChI is InChI=1S/C10H21NO/c1-6-10(12)7-11(5)9(4)8(2)3/h8-9H,6-7H2,1-5H3. The fraction of sp³-hybridized carbons (Fsp3) is 0.900. The third-order valence-electron chi connectivity index (χ3n) is 2.48. The van der Waals surface area contributed by atoms with Crippen LogP contribution in [0.5, 0.6) is 0 Å². The second-order valence-electron chi connectivity index (χ2n) is 3.79. The summed E-state index contributed by atoms with van der Waals surface area (Å²) in [5.41, 5.74) is 0. The minimum atomic E-state index is 0.324. The molecule has 0 bridgehead atoms. The molecular formula is C10H21NO. The van der Waals surface area contributed by atoms with Gasteiger partial charge in [0.1, 0.15) is 5.78 Å². The molecule has 0 heterocycles. The van der Waals surface area contributed by atoms with Crippen LogP contribution in [0.2, 0.25) is 0 Å². The van der Waals surface area contributed by atoms with Gasteiger partial charge >= 0.3 is 0 Å². The predicted molar refractivity (Wildman–Crippen MR) is 52.2 cm³/mol. The van der Waals surface area contributed by atoms with Gasteiger partial charge in [-0.2, -0.15) is 0 Å². The van der Waals surface area contributed by atoms with Crippen LogP contribution >= 0.6 is 0 Å². The molecule has 12 heavy (non-hydrogen) atoms. The highest BCUT2D eigenvalue weighted by molar-refractivity contribution is 5.80. The summed E-state index contributed by atoms with van der Waals surface area (Å²) >= 11 is 0. The third kappa shape index (κ3) is 3.86. The van der Waals surface area contributed by atoms with Crippen molar-refractivity contribution in [3.05, 3.63) is 0 Å². The molecule has 0 aromatic carbocycles. The Kier molecular flexibility index (Phi) is 5.14. The van der Waals surface area contributed by atoms with E-state index in [-0.39, 0.29) is 0 Å². The van der Waals surface area contributed by atoms with Crippen LogP contribution in [0.15, 0.2) is 0 Å². The maximum atomic E-state index is 11.1. The number of likely N-dealkylation sites (N-methyl/N-ethyl adjacent to an activating group) is 1. The molecule has 72 valence electrons. The average Bonchev–Trinajstić information content (AvgIpc) is 2.02. The normalized spacial score (nSPS) is 13.9. The van der Waals surface area contributed by atoms with Crippen molar-refractivity contribution in [2.45, 2.75) is 40.2 Å². The average molecular weight is 171 g/mol. The molecule has 2 heteroatoms. The van der Waals surface area contributed by atoms with Gasteiger partial charge in [-0.05, 0) is 19.9 Å². The molecule has 0 fully saturated rings. The lowest BCUT2D eigenvalue weighted by atomic mass is 10.1. The van der Waals surface area contributed by atoms with Crippen LogP contribution in [-0.2, 0) is 4.79 Å². The Hall–Kier alpha value is -0.370. The van der Waals surface area contributed by atoms with Crippen molar-refractivity contribution in [2.24, 2.45) is 5.92 Å². The minimum Gasteiger partial charge on any atom is -0.298 e. The smallest absolute Gasteiger partial charge is 0.146 e. The van der Waals surface area contributed by atoms with Gasteiger partial charge in [-0.1, -0.05) is 20.8 Å². The Morgan fingerprint density at radius 3 is 2.17 bits per heavy atom. The lowest BCUT2D eigenvalue weighted by molar-refractivity contribution is -0.120. The van der Waals surface area contributed by atoms with E-state index < -0.39 is 0 Å². The molecule has 0 aliphatic carbocycles. The molecule has 0 aliphatic rings. The Balaban J connectivity index is 3.86. The molecule has 0 aromatic rings. The van der Waals surface area contributed by atoms with Crippen LogP contribution in [0.1, 0.15) is 34.1 Å². The van der Waals surface area contributed by atoms with Crippen molar-refractivity contribution in [1.29, 1.82) is 0 Å². The molecule has 0 amide bonds. The second-order valence-corrected chi connectivity index (χ2v) is 3.79. The summed E-state index contributed by atoms with van der Waals surface area (Å²) in [5, 5.41) is 0. The van der Waals surface area contributed by atoms with Crippen LogP contribution in [0.4, 0.5) is 0 Å². The number of nitrogens with zero attached hydrogens (tertiary/aromatic N) is 1. The van der Waals surface area contributed by atoms with Crippen LogP contribution in [0.25, 0.3) is 0 Å². The first-order valence-corrected chi connectivity index (χ1v) is 4.71. The van der Waals surface area contributed by atoms with E-state index in [4.69, 9.17) is 0 Å². The van der Waals surface area contributed by atoms with Crippen molar-refractivity contribution >= 4 is 5.78 Å². The summed E-state index contributed by atoms with van der Waals surface area (Å²) in [5.74, 6) is 0.935. The highest BCUT2D eigenvalue weighted by Gasteiger charge is 2.14. The number of rotatable bonds is 5. The molecule has 0 aromatic heterocycles. The number of hydrogen-bond acceptors (Lipinski definition) is 2. The zero-order valence-corrected chi connectivity index (χ0v) is 8.92. The highest BCUT2D eigenvalue weighted by atomic mass is 16.1. The molecule has 0 aliphatic heterocycles. The Morgan fingerprint density at radius 1 is 1.33 bits per heavy atom. The zero-order chi connectivity index (χ0) is 9.72.